The molecule has 2 saturated heterocycles. The zero-order chi connectivity index (χ0) is 14.8. The predicted molar refractivity (Wildman–Crippen MR) is 82.1 cm³/mol. The summed E-state index contributed by atoms with van der Waals surface area (Å²) < 4.78 is 11.6. The summed E-state index contributed by atoms with van der Waals surface area (Å²) in [6, 6.07) is 0. The smallest absolute Gasteiger partial charge is 0.0678 e. The Hall–Kier alpha value is -0.160. The second kappa shape index (κ2) is 6.30. The number of rotatable bonds is 4. The molecule has 2 aliphatic heterocycles. The molecule has 0 bridgehead atoms. The van der Waals surface area contributed by atoms with Crippen molar-refractivity contribution in [2.45, 2.75) is 58.8 Å². The minimum absolute atomic E-state index is 0.168. The minimum atomic E-state index is 0.168. The Morgan fingerprint density at radius 2 is 1.85 bits per heavy atom. The average Bonchev–Trinajstić information content (AvgIpc) is 2.73. The number of nitrogens with one attached hydrogen (secondary N) is 1. The largest absolute Gasteiger partial charge is 0.381 e. The maximum atomic E-state index is 5.84. The van der Waals surface area contributed by atoms with Crippen LogP contribution in [0.25, 0.3) is 0 Å². The molecule has 0 saturated carbocycles. The molecular weight excluding hydrogens is 252 g/mol. The van der Waals surface area contributed by atoms with Gasteiger partial charge in [-0.3, -0.25) is 4.90 Å². The van der Waals surface area contributed by atoms with E-state index < -0.39 is 0 Å². The molecule has 2 heterocycles. The van der Waals surface area contributed by atoms with Crippen molar-refractivity contribution in [2.75, 3.05) is 39.4 Å². The zero-order valence-corrected chi connectivity index (χ0v) is 13.9. The molecular formula is C16H32N2O2. The first-order chi connectivity index (χ1) is 9.28. The Morgan fingerprint density at radius 1 is 1.20 bits per heavy atom. The molecule has 0 spiro atoms. The van der Waals surface area contributed by atoms with E-state index in [9.17, 15) is 0 Å². The van der Waals surface area contributed by atoms with Crippen LogP contribution in [0.1, 0.15) is 41.0 Å². The van der Waals surface area contributed by atoms with Gasteiger partial charge in [-0.2, -0.15) is 0 Å². The predicted octanol–water partition coefficient (Wildman–Crippen LogP) is 1.89. The van der Waals surface area contributed by atoms with Crippen molar-refractivity contribution in [3.05, 3.63) is 0 Å². The quantitative estimate of drug-likeness (QED) is 0.855. The van der Waals surface area contributed by atoms with Crippen molar-refractivity contribution in [2.24, 2.45) is 5.41 Å². The van der Waals surface area contributed by atoms with Crippen LogP contribution in [0.5, 0.6) is 0 Å². The number of ether oxygens (including phenoxy) is 2. The Morgan fingerprint density at radius 3 is 2.35 bits per heavy atom. The SMILES string of the molecule is C[C@@H]1CN(CC2(CNC(C)(C)C)CCOC2)C[C@H](C)O1. The van der Waals surface area contributed by atoms with Crippen molar-refractivity contribution in [3.63, 3.8) is 0 Å². The fraction of sp³-hybridized carbons (Fsp3) is 1.00. The zero-order valence-electron chi connectivity index (χ0n) is 13.9. The van der Waals surface area contributed by atoms with E-state index in [0.29, 0.717) is 12.2 Å². The van der Waals surface area contributed by atoms with Crippen LogP contribution in [0.4, 0.5) is 0 Å². The van der Waals surface area contributed by atoms with E-state index in [1.165, 1.54) is 0 Å². The Labute approximate surface area is 124 Å². The highest BCUT2D eigenvalue weighted by Crippen LogP contribution is 2.30. The van der Waals surface area contributed by atoms with Gasteiger partial charge in [-0.05, 0) is 41.0 Å². The maximum Gasteiger partial charge on any atom is 0.0678 e. The van der Waals surface area contributed by atoms with Gasteiger partial charge in [0.15, 0.2) is 0 Å². The van der Waals surface area contributed by atoms with E-state index >= 15 is 0 Å². The fourth-order valence-electron chi connectivity index (χ4n) is 3.31. The molecule has 1 N–H and O–H groups in total. The van der Waals surface area contributed by atoms with E-state index in [0.717, 1.165) is 45.8 Å². The van der Waals surface area contributed by atoms with Gasteiger partial charge in [0, 0.05) is 43.7 Å². The molecule has 4 heteroatoms. The number of hydrogen-bond donors (Lipinski definition) is 1. The van der Waals surface area contributed by atoms with Crippen LogP contribution in [0.3, 0.4) is 0 Å². The van der Waals surface area contributed by atoms with Crippen molar-refractivity contribution in [1.82, 2.24) is 10.2 Å². The molecule has 20 heavy (non-hydrogen) atoms. The van der Waals surface area contributed by atoms with E-state index in [4.69, 9.17) is 9.47 Å². The molecule has 4 nitrogen and oxygen atoms in total. The summed E-state index contributed by atoms with van der Waals surface area (Å²) in [6.07, 6.45) is 1.85. The van der Waals surface area contributed by atoms with Gasteiger partial charge < -0.3 is 14.8 Å². The van der Waals surface area contributed by atoms with Gasteiger partial charge in [0.1, 0.15) is 0 Å². The van der Waals surface area contributed by atoms with Gasteiger partial charge in [0.25, 0.3) is 0 Å². The third kappa shape index (κ3) is 4.69. The molecule has 2 fully saturated rings. The second-order valence-corrected chi connectivity index (χ2v) is 7.86. The van der Waals surface area contributed by atoms with Gasteiger partial charge in [0.2, 0.25) is 0 Å². The van der Waals surface area contributed by atoms with Gasteiger partial charge in [-0.25, -0.2) is 0 Å². The topological polar surface area (TPSA) is 33.7 Å². The van der Waals surface area contributed by atoms with Gasteiger partial charge in [0.05, 0.1) is 18.8 Å². The molecule has 2 aliphatic rings. The highest BCUT2D eigenvalue weighted by atomic mass is 16.5. The third-order valence-corrected chi connectivity index (χ3v) is 4.23. The third-order valence-electron chi connectivity index (χ3n) is 4.23. The van der Waals surface area contributed by atoms with Crippen molar-refractivity contribution < 1.29 is 9.47 Å². The summed E-state index contributed by atoms with van der Waals surface area (Å²) in [5.74, 6) is 0. The van der Waals surface area contributed by atoms with E-state index in [1.54, 1.807) is 0 Å². The van der Waals surface area contributed by atoms with Crippen molar-refractivity contribution in [1.29, 1.82) is 0 Å². The second-order valence-electron chi connectivity index (χ2n) is 7.86. The van der Waals surface area contributed by atoms with E-state index in [2.05, 4.69) is 44.8 Å². The first-order valence-electron chi connectivity index (χ1n) is 7.99. The standard InChI is InChI=1S/C16H32N2O2/c1-13-8-18(9-14(2)20-13)11-16(6-7-19-12-16)10-17-15(3,4)5/h13-14,17H,6-12H2,1-5H3/t13-,14+,16?. The fourth-order valence-corrected chi connectivity index (χ4v) is 3.31. The van der Waals surface area contributed by atoms with Crippen LogP contribution in [0.15, 0.2) is 0 Å². The summed E-state index contributed by atoms with van der Waals surface area (Å²) in [7, 11) is 0. The van der Waals surface area contributed by atoms with E-state index in [-0.39, 0.29) is 11.0 Å². The Kier molecular flexibility index (Phi) is 5.11. The molecule has 0 radical (unpaired) electrons. The normalized spacial score (nSPS) is 36.5. The Bertz CT molecular complexity index is 298. The van der Waals surface area contributed by atoms with Crippen LogP contribution in [-0.2, 0) is 9.47 Å². The molecule has 118 valence electrons. The number of nitrogens with zero attached hydrogens (tertiary/aromatic N) is 1. The lowest BCUT2D eigenvalue weighted by Gasteiger charge is -2.41. The molecule has 0 aromatic carbocycles. The highest BCUT2D eigenvalue weighted by Gasteiger charge is 2.38. The van der Waals surface area contributed by atoms with Crippen molar-refractivity contribution in [3.8, 4) is 0 Å². The van der Waals surface area contributed by atoms with Crippen LogP contribution in [0, 0.1) is 5.41 Å². The molecule has 2 rings (SSSR count). The van der Waals surface area contributed by atoms with Crippen LogP contribution in [0.2, 0.25) is 0 Å². The number of hydrogen-bond acceptors (Lipinski definition) is 4. The summed E-state index contributed by atoms with van der Waals surface area (Å²) in [5, 5.41) is 3.68. The molecule has 0 aromatic heterocycles. The summed E-state index contributed by atoms with van der Waals surface area (Å²) in [6.45, 7) is 17.1. The maximum absolute atomic E-state index is 5.84. The lowest BCUT2D eigenvalue weighted by Crippen LogP contribution is -2.53. The van der Waals surface area contributed by atoms with Crippen LogP contribution in [-0.4, -0.2) is 62.0 Å². The highest BCUT2D eigenvalue weighted by molar-refractivity contribution is 4.91. The van der Waals surface area contributed by atoms with Crippen molar-refractivity contribution >= 4 is 0 Å². The van der Waals surface area contributed by atoms with Crippen LogP contribution < -0.4 is 5.32 Å². The van der Waals surface area contributed by atoms with Gasteiger partial charge in [-0.1, -0.05) is 0 Å². The Balaban J connectivity index is 1.94. The molecule has 0 aromatic rings. The summed E-state index contributed by atoms with van der Waals surface area (Å²) in [5.41, 5.74) is 0.436. The number of morpholine rings is 1. The molecule has 3 atom stereocenters. The molecule has 0 amide bonds. The van der Waals surface area contributed by atoms with Crippen LogP contribution >= 0.6 is 0 Å². The first-order valence-corrected chi connectivity index (χ1v) is 7.99. The summed E-state index contributed by atoms with van der Waals surface area (Å²) in [4.78, 5) is 2.57. The lowest BCUT2D eigenvalue weighted by molar-refractivity contribution is -0.0783. The summed E-state index contributed by atoms with van der Waals surface area (Å²) >= 11 is 0. The van der Waals surface area contributed by atoms with Gasteiger partial charge >= 0.3 is 0 Å². The lowest BCUT2D eigenvalue weighted by atomic mass is 9.85. The monoisotopic (exact) mass is 284 g/mol. The van der Waals surface area contributed by atoms with Gasteiger partial charge in [-0.15, -0.1) is 0 Å². The average molecular weight is 284 g/mol. The first kappa shape index (κ1) is 16.2. The molecule has 0 aliphatic carbocycles. The minimum Gasteiger partial charge on any atom is -0.381 e. The van der Waals surface area contributed by atoms with E-state index in [1.807, 2.05) is 0 Å². The molecule has 1 unspecified atom stereocenters.